The molecule has 1 unspecified atom stereocenters. The molecule has 0 radical (unpaired) electrons. The number of carbonyl (C=O) groups is 2. The number of amides is 2. The highest BCUT2D eigenvalue weighted by Crippen LogP contribution is 2.33. The topological polar surface area (TPSA) is 76.5 Å². The van der Waals surface area contributed by atoms with Gasteiger partial charge in [0.05, 0.1) is 23.7 Å². The summed E-state index contributed by atoms with van der Waals surface area (Å²) in [5, 5.41) is 7.89. The highest BCUT2D eigenvalue weighted by molar-refractivity contribution is 6.32. The van der Waals surface area contributed by atoms with Gasteiger partial charge in [0.15, 0.2) is 0 Å². The molecule has 1 N–H and O–H groups in total. The van der Waals surface area contributed by atoms with Crippen molar-refractivity contribution in [1.82, 2.24) is 9.78 Å². The van der Waals surface area contributed by atoms with Crippen molar-refractivity contribution in [1.29, 1.82) is 0 Å². The number of aryl methyl sites for hydroxylation is 2. The predicted molar refractivity (Wildman–Crippen MR) is 109 cm³/mol. The summed E-state index contributed by atoms with van der Waals surface area (Å²) < 4.78 is 6.85. The normalized spacial score (nSPS) is 16.5. The van der Waals surface area contributed by atoms with Crippen molar-refractivity contribution >= 4 is 34.9 Å². The molecule has 0 aliphatic carbocycles. The fourth-order valence-electron chi connectivity index (χ4n) is 3.61. The van der Waals surface area contributed by atoms with E-state index in [1.54, 1.807) is 27.8 Å². The molecule has 1 fully saturated rings. The third kappa shape index (κ3) is 3.71. The van der Waals surface area contributed by atoms with Crippen LogP contribution in [0.15, 0.2) is 18.2 Å². The molecule has 1 aliphatic rings. The number of methoxy groups -OCH3 is 1. The van der Waals surface area contributed by atoms with Crippen molar-refractivity contribution in [2.24, 2.45) is 13.0 Å². The van der Waals surface area contributed by atoms with Crippen LogP contribution in [0.3, 0.4) is 0 Å². The van der Waals surface area contributed by atoms with Gasteiger partial charge in [-0.3, -0.25) is 14.3 Å². The minimum Gasteiger partial charge on any atom is -0.495 e. The summed E-state index contributed by atoms with van der Waals surface area (Å²) in [6.07, 6.45) is 1.75. The van der Waals surface area contributed by atoms with Gasteiger partial charge in [-0.1, -0.05) is 25.4 Å². The lowest BCUT2D eigenvalue weighted by atomic mass is 10.1. The molecule has 150 valence electrons. The third-order valence-electron chi connectivity index (χ3n) is 5.10. The Kier molecular flexibility index (Phi) is 5.93. The second-order valence-corrected chi connectivity index (χ2v) is 7.23. The molecule has 0 saturated carbocycles. The van der Waals surface area contributed by atoms with Crippen LogP contribution in [0.4, 0.5) is 11.5 Å². The van der Waals surface area contributed by atoms with Crippen molar-refractivity contribution in [3.63, 3.8) is 0 Å². The van der Waals surface area contributed by atoms with Gasteiger partial charge >= 0.3 is 0 Å². The molecular formula is C20H25ClN4O3. The number of nitrogens with zero attached hydrogens (tertiary/aromatic N) is 3. The number of rotatable bonds is 6. The standard InChI is InChI=1S/C20H25ClN4O3/c1-5-14-16(6-2)23-24(3)19(14)22-20(27)12-9-18(26)25(11-12)13-7-8-17(28-4)15(21)10-13/h7-8,10,12H,5-6,9,11H2,1-4H3,(H,22,27). The van der Waals surface area contributed by atoms with E-state index in [4.69, 9.17) is 16.3 Å². The average Bonchev–Trinajstić information content (AvgIpc) is 3.21. The summed E-state index contributed by atoms with van der Waals surface area (Å²) in [6, 6.07) is 5.17. The smallest absolute Gasteiger partial charge is 0.230 e. The van der Waals surface area contributed by atoms with Gasteiger partial charge in [0, 0.05) is 31.3 Å². The van der Waals surface area contributed by atoms with Gasteiger partial charge in [0.1, 0.15) is 11.6 Å². The zero-order chi connectivity index (χ0) is 20.4. The van der Waals surface area contributed by atoms with Gasteiger partial charge in [-0.05, 0) is 31.0 Å². The summed E-state index contributed by atoms with van der Waals surface area (Å²) in [5.41, 5.74) is 2.69. The Hall–Kier alpha value is -2.54. The number of aromatic nitrogens is 2. The highest BCUT2D eigenvalue weighted by Gasteiger charge is 2.36. The molecule has 3 rings (SSSR count). The van der Waals surface area contributed by atoms with E-state index in [0.29, 0.717) is 28.8 Å². The Labute approximate surface area is 169 Å². The molecular weight excluding hydrogens is 380 g/mol. The molecule has 1 aromatic carbocycles. The Morgan fingerprint density at radius 2 is 2.11 bits per heavy atom. The van der Waals surface area contributed by atoms with Gasteiger partial charge in [-0.15, -0.1) is 0 Å². The van der Waals surface area contributed by atoms with E-state index in [9.17, 15) is 9.59 Å². The first-order valence-electron chi connectivity index (χ1n) is 9.39. The quantitative estimate of drug-likeness (QED) is 0.802. The van der Waals surface area contributed by atoms with Gasteiger partial charge < -0.3 is 15.0 Å². The van der Waals surface area contributed by atoms with E-state index in [0.717, 1.165) is 24.1 Å². The van der Waals surface area contributed by atoms with Gasteiger partial charge in [0.2, 0.25) is 11.8 Å². The number of benzene rings is 1. The molecule has 2 heterocycles. The van der Waals surface area contributed by atoms with Crippen LogP contribution in [0.25, 0.3) is 0 Å². The molecule has 8 heteroatoms. The van der Waals surface area contributed by atoms with Crippen LogP contribution in [-0.4, -0.2) is 35.2 Å². The largest absolute Gasteiger partial charge is 0.495 e. The Balaban J connectivity index is 1.76. The van der Waals surface area contributed by atoms with Gasteiger partial charge in [-0.2, -0.15) is 5.10 Å². The first kappa shape index (κ1) is 20.2. The van der Waals surface area contributed by atoms with Crippen molar-refractivity contribution in [3.8, 4) is 5.75 Å². The molecule has 7 nitrogen and oxygen atoms in total. The number of nitrogens with one attached hydrogen (secondary N) is 1. The van der Waals surface area contributed by atoms with Crippen LogP contribution < -0.4 is 15.0 Å². The van der Waals surface area contributed by atoms with Crippen LogP contribution in [0.1, 0.15) is 31.5 Å². The van der Waals surface area contributed by atoms with E-state index in [-0.39, 0.29) is 18.2 Å². The van der Waals surface area contributed by atoms with Gasteiger partial charge in [-0.25, -0.2) is 0 Å². The van der Waals surface area contributed by atoms with Crippen LogP contribution in [-0.2, 0) is 29.5 Å². The lowest BCUT2D eigenvalue weighted by Gasteiger charge is -2.18. The zero-order valence-electron chi connectivity index (χ0n) is 16.6. The fourth-order valence-corrected chi connectivity index (χ4v) is 3.86. The second-order valence-electron chi connectivity index (χ2n) is 6.82. The molecule has 28 heavy (non-hydrogen) atoms. The van der Waals surface area contributed by atoms with Gasteiger partial charge in [0.25, 0.3) is 0 Å². The van der Waals surface area contributed by atoms with Crippen molar-refractivity contribution in [2.75, 3.05) is 23.9 Å². The summed E-state index contributed by atoms with van der Waals surface area (Å²) in [5.74, 6) is 0.550. The first-order chi connectivity index (χ1) is 13.4. The van der Waals surface area contributed by atoms with E-state index in [2.05, 4.69) is 10.4 Å². The Morgan fingerprint density at radius 1 is 1.36 bits per heavy atom. The fraction of sp³-hybridized carbons (Fsp3) is 0.450. The maximum absolute atomic E-state index is 12.8. The van der Waals surface area contributed by atoms with E-state index >= 15 is 0 Å². The van der Waals surface area contributed by atoms with Crippen molar-refractivity contribution in [2.45, 2.75) is 33.1 Å². The van der Waals surface area contributed by atoms with Crippen LogP contribution in [0.2, 0.25) is 5.02 Å². The lowest BCUT2D eigenvalue weighted by molar-refractivity contribution is -0.122. The SMILES string of the molecule is CCc1nn(C)c(NC(=O)C2CC(=O)N(c3ccc(OC)c(Cl)c3)C2)c1CC. The summed E-state index contributed by atoms with van der Waals surface area (Å²) in [7, 11) is 3.36. The van der Waals surface area contributed by atoms with Crippen molar-refractivity contribution < 1.29 is 14.3 Å². The predicted octanol–water partition coefficient (Wildman–Crippen LogP) is 3.20. The van der Waals surface area contributed by atoms with Crippen LogP contribution in [0.5, 0.6) is 5.75 Å². The second kappa shape index (κ2) is 8.22. The maximum atomic E-state index is 12.8. The molecule has 2 amide bonds. The molecule has 1 atom stereocenters. The number of ether oxygens (including phenoxy) is 1. The molecule has 1 aromatic heterocycles. The molecule has 0 spiro atoms. The third-order valence-corrected chi connectivity index (χ3v) is 5.40. The summed E-state index contributed by atoms with van der Waals surface area (Å²) in [6.45, 7) is 4.40. The average molecular weight is 405 g/mol. The minimum atomic E-state index is -0.432. The number of halogens is 1. The zero-order valence-corrected chi connectivity index (χ0v) is 17.3. The lowest BCUT2D eigenvalue weighted by Crippen LogP contribution is -2.28. The minimum absolute atomic E-state index is 0.101. The number of hydrogen-bond acceptors (Lipinski definition) is 4. The highest BCUT2D eigenvalue weighted by atomic mass is 35.5. The van der Waals surface area contributed by atoms with E-state index in [1.165, 1.54) is 7.11 Å². The van der Waals surface area contributed by atoms with E-state index < -0.39 is 5.92 Å². The van der Waals surface area contributed by atoms with Crippen molar-refractivity contribution in [3.05, 3.63) is 34.5 Å². The summed E-state index contributed by atoms with van der Waals surface area (Å²) in [4.78, 5) is 26.9. The van der Waals surface area contributed by atoms with Crippen LogP contribution >= 0.6 is 11.6 Å². The number of carbonyl (C=O) groups excluding carboxylic acids is 2. The Bertz CT molecular complexity index is 909. The first-order valence-corrected chi connectivity index (χ1v) is 9.76. The summed E-state index contributed by atoms with van der Waals surface area (Å²) >= 11 is 6.18. The number of hydrogen-bond donors (Lipinski definition) is 1. The maximum Gasteiger partial charge on any atom is 0.230 e. The molecule has 1 aliphatic heterocycles. The molecule has 2 aromatic rings. The van der Waals surface area contributed by atoms with E-state index in [1.807, 2.05) is 20.9 Å². The monoisotopic (exact) mass is 404 g/mol. The molecule has 0 bridgehead atoms. The molecule has 1 saturated heterocycles. The van der Waals surface area contributed by atoms with Crippen LogP contribution in [0, 0.1) is 5.92 Å². The number of anilines is 2. The Morgan fingerprint density at radius 3 is 2.71 bits per heavy atom.